The summed E-state index contributed by atoms with van der Waals surface area (Å²) in [6, 6.07) is 15.7. The highest BCUT2D eigenvalue weighted by Gasteiger charge is 2.09. The van der Waals surface area contributed by atoms with Crippen LogP contribution in [-0.2, 0) is 0 Å². The van der Waals surface area contributed by atoms with Gasteiger partial charge >= 0.3 is 0 Å². The van der Waals surface area contributed by atoms with E-state index in [0.29, 0.717) is 5.56 Å². The molecule has 2 aromatic heterocycles. The lowest BCUT2D eigenvalue weighted by Crippen LogP contribution is -1.89. The molecule has 22 heavy (non-hydrogen) atoms. The van der Waals surface area contributed by atoms with Crippen molar-refractivity contribution in [3.8, 4) is 17.3 Å². The lowest BCUT2D eigenvalue weighted by Gasteiger charge is -2.08. The number of nitriles is 1. The van der Waals surface area contributed by atoms with Gasteiger partial charge in [0.25, 0.3) is 0 Å². The van der Waals surface area contributed by atoms with Gasteiger partial charge in [-0.1, -0.05) is 12.1 Å². The van der Waals surface area contributed by atoms with Gasteiger partial charge in [-0.15, -0.1) is 0 Å². The number of fused-ring (bicyclic) bond motifs is 3. The molecule has 0 aliphatic carbocycles. The van der Waals surface area contributed by atoms with Crippen molar-refractivity contribution in [1.29, 1.82) is 5.26 Å². The molecular weight excluding hydrogens is 272 g/mol. The summed E-state index contributed by atoms with van der Waals surface area (Å²) in [7, 11) is 0. The van der Waals surface area contributed by atoms with Crippen molar-refractivity contribution in [3.05, 3.63) is 59.8 Å². The molecule has 104 valence electrons. The molecule has 0 spiro atoms. The Morgan fingerprint density at radius 3 is 2.68 bits per heavy atom. The highest BCUT2D eigenvalue weighted by molar-refractivity contribution is 6.06. The Bertz CT molecular complexity index is 1040. The Morgan fingerprint density at radius 1 is 1.09 bits per heavy atom. The second-order valence-corrected chi connectivity index (χ2v) is 5.30. The van der Waals surface area contributed by atoms with Crippen molar-refractivity contribution in [1.82, 2.24) is 15.2 Å². The van der Waals surface area contributed by atoms with Crippen molar-refractivity contribution in [2.75, 3.05) is 0 Å². The van der Waals surface area contributed by atoms with Gasteiger partial charge in [0.1, 0.15) is 0 Å². The van der Waals surface area contributed by atoms with Gasteiger partial charge in [0.05, 0.1) is 34.6 Å². The van der Waals surface area contributed by atoms with E-state index in [-0.39, 0.29) is 0 Å². The predicted octanol–water partition coefficient (Wildman–Crippen LogP) is 3.96. The molecule has 0 amide bonds. The number of H-pyrrole nitrogens is 1. The summed E-state index contributed by atoms with van der Waals surface area (Å²) < 4.78 is 0. The Balaban J connectivity index is 1.96. The molecule has 0 saturated heterocycles. The Labute approximate surface area is 127 Å². The van der Waals surface area contributed by atoms with Gasteiger partial charge < -0.3 is 0 Å². The molecule has 0 saturated carbocycles. The maximum Gasteiger partial charge on any atom is 0.0991 e. The van der Waals surface area contributed by atoms with Crippen LogP contribution in [0.15, 0.2) is 48.7 Å². The monoisotopic (exact) mass is 284 g/mol. The van der Waals surface area contributed by atoms with Crippen molar-refractivity contribution in [3.63, 3.8) is 0 Å². The van der Waals surface area contributed by atoms with E-state index in [1.54, 1.807) is 0 Å². The number of nitrogens with one attached hydrogen (secondary N) is 1. The molecule has 0 unspecified atom stereocenters. The van der Waals surface area contributed by atoms with Crippen LogP contribution in [0.2, 0.25) is 0 Å². The van der Waals surface area contributed by atoms with Crippen LogP contribution in [0.1, 0.15) is 11.1 Å². The third-order valence-corrected chi connectivity index (χ3v) is 3.90. The number of pyridine rings is 1. The third-order valence-electron chi connectivity index (χ3n) is 3.90. The van der Waals surface area contributed by atoms with Crippen LogP contribution in [0.4, 0.5) is 0 Å². The van der Waals surface area contributed by atoms with Gasteiger partial charge in [0.2, 0.25) is 0 Å². The SMILES string of the molecule is Cc1cc(-c2ccc(C#N)cc2)nc2ccc3[nH]ncc3c12. The van der Waals surface area contributed by atoms with Crippen molar-refractivity contribution in [2.45, 2.75) is 6.92 Å². The van der Waals surface area contributed by atoms with Gasteiger partial charge in [-0.05, 0) is 42.8 Å². The fourth-order valence-corrected chi connectivity index (χ4v) is 2.82. The first-order valence-electron chi connectivity index (χ1n) is 7.00. The fourth-order valence-electron chi connectivity index (χ4n) is 2.82. The molecule has 0 atom stereocenters. The highest BCUT2D eigenvalue weighted by atomic mass is 15.1. The van der Waals surface area contributed by atoms with E-state index in [4.69, 9.17) is 10.2 Å². The molecule has 0 fully saturated rings. The van der Waals surface area contributed by atoms with E-state index in [0.717, 1.165) is 38.6 Å². The zero-order chi connectivity index (χ0) is 15.1. The average Bonchev–Trinajstić information content (AvgIpc) is 3.03. The van der Waals surface area contributed by atoms with Crippen molar-refractivity contribution >= 4 is 21.8 Å². The predicted molar refractivity (Wildman–Crippen MR) is 86.3 cm³/mol. The van der Waals surface area contributed by atoms with Crippen LogP contribution in [0.3, 0.4) is 0 Å². The maximum atomic E-state index is 8.89. The Hall–Kier alpha value is -3.19. The minimum absolute atomic E-state index is 0.654. The van der Waals surface area contributed by atoms with Crippen molar-refractivity contribution < 1.29 is 0 Å². The maximum absolute atomic E-state index is 8.89. The van der Waals surface area contributed by atoms with Crippen LogP contribution in [0.25, 0.3) is 33.1 Å². The quantitative estimate of drug-likeness (QED) is 0.575. The summed E-state index contributed by atoms with van der Waals surface area (Å²) in [4.78, 5) is 4.77. The zero-order valence-electron chi connectivity index (χ0n) is 12.0. The van der Waals surface area contributed by atoms with E-state index < -0.39 is 0 Å². The Morgan fingerprint density at radius 2 is 1.91 bits per heavy atom. The highest BCUT2D eigenvalue weighted by Crippen LogP contribution is 2.29. The van der Waals surface area contributed by atoms with E-state index >= 15 is 0 Å². The fraction of sp³-hybridized carbons (Fsp3) is 0.0556. The first-order valence-corrected chi connectivity index (χ1v) is 7.00. The van der Waals surface area contributed by atoms with Gasteiger partial charge in [-0.25, -0.2) is 4.98 Å². The van der Waals surface area contributed by atoms with E-state index in [2.05, 4.69) is 29.3 Å². The van der Waals surface area contributed by atoms with E-state index in [9.17, 15) is 0 Å². The summed E-state index contributed by atoms with van der Waals surface area (Å²) in [6.07, 6.45) is 1.84. The lowest BCUT2D eigenvalue weighted by atomic mass is 10.0. The first-order chi connectivity index (χ1) is 10.8. The number of aromatic amines is 1. The molecule has 0 aliphatic heterocycles. The molecule has 0 aliphatic rings. The lowest BCUT2D eigenvalue weighted by molar-refractivity contribution is 1.12. The molecular formula is C18H12N4. The second kappa shape index (κ2) is 4.68. The smallest absolute Gasteiger partial charge is 0.0991 e. The van der Waals surface area contributed by atoms with Gasteiger partial charge in [-0.2, -0.15) is 10.4 Å². The summed E-state index contributed by atoms with van der Waals surface area (Å²) in [6.45, 7) is 2.09. The number of rotatable bonds is 1. The molecule has 4 rings (SSSR count). The number of hydrogen-bond acceptors (Lipinski definition) is 3. The number of aryl methyl sites for hydroxylation is 1. The van der Waals surface area contributed by atoms with Gasteiger partial charge in [0, 0.05) is 16.3 Å². The molecule has 2 heterocycles. The summed E-state index contributed by atoms with van der Waals surface area (Å²) >= 11 is 0. The van der Waals surface area contributed by atoms with E-state index in [1.807, 2.05) is 42.6 Å². The minimum Gasteiger partial charge on any atom is -0.278 e. The molecule has 2 aromatic carbocycles. The van der Waals surface area contributed by atoms with E-state index in [1.165, 1.54) is 0 Å². The zero-order valence-corrected chi connectivity index (χ0v) is 12.0. The average molecular weight is 284 g/mol. The summed E-state index contributed by atoms with van der Waals surface area (Å²) in [5.41, 5.74) is 5.71. The Kier molecular flexibility index (Phi) is 2.67. The molecule has 1 N–H and O–H groups in total. The largest absolute Gasteiger partial charge is 0.278 e. The minimum atomic E-state index is 0.654. The number of hydrogen-bond donors (Lipinski definition) is 1. The third kappa shape index (κ3) is 1.84. The normalized spacial score (nSPS) is 10.9. The van der Waals surface area contributed by atoms with Crippen LogP contribution < -0.4 is 0 Å². The van der Waals surface area contributed by atoms with Gasteiger partial charge in [0.15, 0.2) is 0 Å². The second-order valence-electron chi connectivity index (χ2n) is 5.30. The first kappa shape index (κ1) is 12.5. The summed E-state index contributed by atoms with van der Waals surface area (Å²) in [5.74, 6) is 0. The van der Waals surface area contributed by atoms with Crippen molar-refractivity contribution in [2.24, 2.45) is 0 Å². The van der Waals surface area contributed by atoms with Crippen LogP contribution >= 0.6 is 0 Å². The molecule has 4 heteroatoms. The van der Waals surface area contributed by atoms with Gasteiger partial charge in [-0.3, -0.25) is 5.10 Å². The molecule has 0 radical (unpaired) electrons. The standard InChI is InChI=1S/C18H12N4/c1-11-8-17(13-4-2-12(9-19)3-5-13)21-16-7-6-15-14(18(11)16)10-20-22-15/h2-8,10H,1H3,(H,20,22). The van der Waals surface area contributed by atoms with Crippen LogP contribution in [-0.4, -0.2) is 15.2 Å². The topological polar surface area (TPSA) is 65.4 Å². The molecule has 0 bridgehead atoms. The molecule has 4 nitrogen and oxygen atoms in total. The van der Waals surface area contributed by atoms with Crippen LogP contribution in [0, 0.1) is 18.3 Å². The number of benzene rings is 2. The van der Waals surface area contributed by atoms with Crippen LogP contribution in [0.5, 0.6) is 0 Å². The number of aromatic nitrogens is 3. The summed E-state index contributed by atoms with van der Waals surface area (Å²) in [5, 5.41) is 18.2. The molecule has 4 aromatic rings. The number of nitrogens with zero attached hydrogens (tertiary/aromatic N) is 3.